The van der Waals surface area contributed by atoms with Gasteiger partial charge in [-0.25, -0.2) is 4.98 Å². The number of hydrogen-bond donors (Lipinski definition) is 1. The third-order valence-electron chi connectivity index (χ3n) is 2.71. The summed E-state index contributed by atoms with van der Waals surface area (Å²) in [6, 6.07) is 12.5. The Morgan fingerprint density at radius 1 is 1.00 bits per heavy atom. The number of aromatic nitrogens is 1. The molecule has 2 nitrogen and oxygen atoms in total. The van der Waals surface area contributed by atoms with Crippen LogP contribution in [0.2, 0.25) is 0 Å². The van der Waals surface area contributed by atoms with E-state index in [-0.39, 0.29) is 5.41 Å². The molecule has 18 heavy (non-hydrogen) atoms. The van der Waals surface area contributed by atoms with Crippen LogP contribution in [0, 0.1) is 0 Å². The molecule has 0 saturated heterocycles. The van der Waals surface area contributed by atoms with Crippen molar-refractivity contribution in [3.8, 4) is 0 Å². The average molecular weight is 258 g/mol. The highest BCUT2D eigenvalue weighted by Gasteiger charge is 2.12. The van der Waals surface area contributed by atoms with Gasteiger partial charge in [0.1, 0.15) is 5.82 Å². The lowest BCUT2D eigenvalue weighted by molar-refractivity contribution is 0.590. The fourth-order valence-corrected chi connectivity index (χ4v) is 2.50. The first kappa shape index (κ1) is 13.0. The second-order valence-electron chi connectivity index (χ2n) is 5.29. The molecule has 1 aromatic carbocycles. The Labute approximate surface area is 113 Å². The first-order valence-electron chi connectivity index (χ1n) is 5.95. The van der Waals surface area contributed by atoms with Gasteiger partial charge in [0.05, 0.1) is 0 Å². The van der Waals surface area contributed by atoms with Gasteiger partial charge in [0.25, 0.3) is 0 Å². The molecular weight excluding hydrogens is 240 g/mol. The van der Waals surface area contributed by atoms with Gasteiger partial charge in [0.2, 0.25) is 0 Å². The first-order valence-corrected chi connectivity index (χ1v) is 6.77. The second kappa shape index (κ2) is 5.02. The average Bonchev–Trinajstić information content (AvgIpc) is 2.28. The molecule has 0 saturated carbocycles. The van der Waals surface area contributed by atoms with E-state index in [1.807, 2.05) is 12.1 Å². The summed E-state index contributed by atoms with van der Waals surface area (Å²) in [7, 11) is 0. The van der Waals surface area contributed by atoms with E-state index in [4.69, 9.17) is 5.73 Å². The maximum Gasteiger partial charge on any atom is 0.124 e. The molecule has 1 heterocycles. The monoisotopic (exact) mass is 258 g/mol. The molecule has 0 aliphatic heterocycles. The van der Waals surface area contributed by atoms with Crippen LogP contribution in [0.1, 0.15) is 26.3 Å². The normalized spacial score (nSPS) is 11.5. The minimum atomic E-state index is 0.199. The van der Waals surface area contributed by atoms with Gasteiger partial charge in [-0.3, -0.25) is 0 Å². The van der Waals surface area contributed by atoms with Crippen molar-refractivity contribution in [2.24, 2.45) is 0 Å². The Balaban J connectivity index is 2.16. The van der Waals surface area contributed by atoms with Crippen LogP contribution in [-0.2, 0) is 5.41 Å². The van der Waals surface area contributed by atoms with Crippen LogP contribution >= 0.6 is 11.8 Å². The van der Waals surface area contributed by atoms with Crippen molar-refractivity contribution in [3.63, 3.8) is 0 Å². The number of benzene rings is 1. The van der Waals surface area contributed by atoms with E-state index in [0.717, 1.165) is 4.90 Å². The van der Waals surface area contributed by atoms with Crippen molar-refractivity contribution in [1.82, 2.24) is 4.98 Å². The zero-order chi connectivity index (χ0) is 13.2. The fourth-order valence-electron chi connectivity index (χ4n) is 1.65. The van der Waals surface area contributed by atoms with Gasteiger partial charge in [0.15, 0.2) is 0 Å². The molecular formula is C15H18N2S. The van der Waals surface area contributed by atoms with Crippen molar-refractivity contribution in [3.05, 3.63) is 48.2 Å². The third-order valence-corrected chi connectivity index (χ3v) is 3.71. The summed E-state index contributed by atoms with van der Waals surface area (Å²) < 4.78 is 0. The number of nitrogens with zero attached hydrogens (tertiary/aromatic N) is 1. The summed E-state index contributed by atoms with van der Waals surface area (Å²) in [5, 5.41) is 0. The van der Waals surface area contributed by atoms with Crippen molar-refractivity contribution >= 4 is 17.6 Å². The maximum atomic E-state index is 5.67. The SMILES string of the molecule is CC(C)(C)c1ccc(Sc2ccnc(N)c2)cc1. The van der Waals surface area contributed by atoms with E-state index in [1.165, 1.54) is 10.5 Å². The second-order valence-corrected chi connectivity index (χ2v) is 6.44. The molecule has 2 rings (SSSR count). The summed E-state index contributed by atoms with van der Waals surface area (Å²) in [6.07, 6.45) is 1.74. The third kappa shape index (κ3) is 3.26. The summed E-state index contributed by atoms with van der Waals surface area (Å²) >= 11 is 1.70. The molecule has 0 aliphatic carbocycles. The van der Waals surface area contributed by atoms with Gasteiger partial charge < -0.3 is 5.73 Å². The van der Waals surface area contributed by atoms with Crippen molar-refractivity contribution in [2.75, 3.05) is 5.73 Å². The minimum Gasteiger partial charge on any atom is -0.384 e. The number of rotatable bonds is 2. The van der Waals surface area contributed by atoms with E-state index >= 15 is 0 Å². The molecule has 0 radical (unpaired) electrons. The molecule has 94 valence electrons. The van der Waals surface area contributed by atoms with E-state index in [1.54, 1.807) is 18.0 Å². The number of anilines is 1. The van der Waals surface area contributed by atoms with E-state index in [9.17, 15) is 0 Å². The van der Waals surface area contributed by atoms with Gasteiger partial charge in [-0.1, -0.05) is 44.7 Å². The van der Waals surface area contributed by atoms with E-state index < -0.39 is 0 Å². The van der Waals surface area contributed by atoms with Crippen molar-refractivity contribution in [1.29, 1.82) is 0 Å². The Morgan fingerprint density at radius 2 is 1.67 bits per heavy atom. The lowest BCUT2D eigenvalue weighted by atomic mass is 9.87. The lowest BCUT2D eigenvalue weighted by Gasteiger charge is -2.19. The summed E-state index contributed by atoms with van der Waals surface area (Å²) in [5.41, 5.74) is 7.22. The van der Waals surface area contributed by atoms with Gasteiger partial charge in [0, 0.05) is 16.0 Å². The molecule has 0 amide bonds. The molecule has 3 heteroatoms. The molecule has 1 aromatic heterocycles. The number of nitrogen functional groups attached to an aromatic ring is 1. The quantitative estimate of drug-likeness (QED) is 0.881. The van der Waals surface area contributed by atoms with E-state index in [2.05, 4.69) is 50.0 Å². The van der Waals surface area contributed by atoms with Gasteiger partial charge in [-0.2, -0.15) is 0 Å². The highest BCUT2D eigenvalue weighted by Crippen LogP contribution is 2.30. The minimum absolute atomic E-state index is 0.199. The van der Waals surface area contributed by atoms with Gasteiger partial charge in [-0.05, 0) is 35.2 Å². The van der Waals surface area contributed by atoms with Gasteiger partial charge >= 0.3 is 0 Å². The van der Waals surface area contributed by atoms with Crippen molar-refractivity contribution < 1.29 is 0 Å². The Hall–Kier alpha value is -1.48. The molecule has 0 unspecified atom stereocenters. The molecule has 0 spiro atoms. The summed E-state index contributed by atoms with van der Waals surface area (Å²) in [5.74, 6) is 0.561. The topological polar surface area (TPSA) is 38.9 Å². The molecule has 2 N–H and O–H groups in total. The largest absolute Gasteiger partial charge is 0.384 e. The van der Waals surface area contributed by atoms with Crippen LogP contribution in [0.25, 0.3) is 0 Å². The molecule has 0 atom stereocenters. The molecule has 0 fully saturated rings. The zero-order valence-electron chi connectivity index (χ0n) is 11.0. The van der Waals surface area contributed by atoms with Crippen LogP contribution < -0.4 is 5.73 Å². The summed E-state index contributed by atoms with van der Waals surface area (Å²) in [4.78, 5) is 6.33. The van der Waals surface area contributed by atoms with Crippen LogP contribution in [0.15, 0.2) is 52.4 Å². The van der Waals surface area contributed by atoms with Crippen LogP contribution in [0.4, 0.5) is 5.82 Å². The first-order chi connectivity index (χ1) is 8.45. The predicted molar refractivity (Wildman–Crippen MR) is 77.9 cm³/mol. The number of pyridine rings is 1. The van der Waals surface area contributed by atoms with Gasteiger partial charge in [-0.15, -0.1) is 0 Å². The standard InChI is InChI=1S/C15H18N2S/c1-15(2,3)11-4-6-12(7-5-11)18-13-8-9-17-14(16)10-13/h4-10H,1-3H3,(H2,16,17). The molecule has 0 aliphatic rings. The Bertz CT molecular complexity index is 527. The van der Waals surface area contributed by atoms with Crippen LogP contribution in [0.3, 0.4) is 0 Å². The highest BCUT2D eigenvalue weighted by atomic mass is 32.2. The maximum absolute atomic E-state index is 5.67. The van der Waals surface area contributed by atoms with E-state index in [0.29, 0.717) is 5.82 Å². The fraction of sp³-hybridized carbons (Fsp3) is 0.267. The Morgan fingerprint density at radius 3 is 2.22 bits per heavy atom. The molecule has 2 aromatic rings. The van der Waals surface area contributed by atoms with Crippen molar-refractivity contribution in [2.45, 2.75) is 36.0 Å². The highest BCUT2D eigenvalue weighted by molar-refractivity contribution is 7.99. The molecule has 0 bridgehead atoms. The van der Waals surface area contributed by atoms with Crippen LogP contribution in [0.5, 0.6) is 0 Å². The Kier molecular flexibility index (Phi) is 3.62. The lowest BCUT2D eigenvalue weighted by Crippen LogP contribution is -2.10. The number of hydrogen-bond acceptors (Lipinski definition) is 3. The smallest absolute Gasteiger partial charge is 0.124 e. The van der Waals surface area contributed by atoms with Crippen LogP contribution in [-0.4, -0.2) is 4.98 Å². The summed E-state index contributed by atoms with van der Waals surface area (Å²) in [6.45, 7) is 6.66. The zero-order valence-corrected chi connectivity index (χ0v) is 11.8. The predicted octanol–water partition coefficient (Wildman–Crippen LogP) is 4.11. The number of nitrogens with two attached hydrogens (primary N) is 1.